The first-order chi connectivity index (χ1) is 7.79. The van der Waals surface area contributed by atoms with Crippen LogP contribution in [0.15, 0.2) is 0 Å². The van der Waals surface area contributed by atoms with Gasteiger partial charge in [-0.2, -0.15) is 0 Å². The van der Waals surface area contributed by atoms with Crippen molar-refractivity contribution in [2.45, 2.75) is 45.1 Å². The van der Waals surface area contributed by atoms with E-state index in [-0.39, 0.29) is 5.41 Å². The van der Waals surface area contributed by atoms with Crippen LogP contribution in [0.5, 0.6) is 0 Å². The summed E-state index contributed by atoms with van der Waals surface area (Å²) in [7, 11) is 0. The summed E-state index contributed by atoms with van der Waals surface area (Å²) in [5, 5.41) is 9.68. The molecule has 0 amide bonds. The van der Waals surface area contributed by atoms with Gasteiger partial charge in [0.15, 0.2) is 0 Å². The van der Waals surface area contributed by atoms with Gasteiger partial charge in [-0.15, -0.1) is 0 Å². The van der Waals surface area contributed by atoms with Gasteiger partial charge in [-0.05, 0) is 38.6 Å². The average Bonchev–Trinajstić information content (AvgIpc) is 3.14. The van der Waals surface area contributed by atoms with Crippen LogP contribution in [0.2, 0.25) is 0 Å². The number of hydrogen-bond acceptors (Lipinski definition) is 3. The fourth-order valence-corrected chi connectivity index (χ4v) is 2.72. The molecule has 16 heavy (non-hydrogen) atoms. The molecule has 1 heterocycles. The highest BCUT2D eigenvalue weighted by molar-refractivity contribution is 4.91. The van der Waals surface area contributed by atoms with E-state index in [1.165, 1.54) is 25.8 Å². The molecule has 0 atom stereocenters. The topological polar surface area (TPSA) is 32.7 Å². The lowest BCUT2D eigenvalue weighted by atomic mass is 9.80. The number of aliphatic hydroxyl groups is 1. The SMILES string of the molecule is CCCN(CC1(CO)CCOCC1)C1CC1. The van der Waals surface area contributed by atoms with Crippen molar-refractivity contribution < 1.29 is 9.84 Å². The molecule has 0 bridgehead atoms. The summed E-state index contributed by atoms with van der Waals surface area (Å²) in [6, 6.07) is 0.811. The van der Waals surface area contributed by atoms with E-state index in [2.05, 4.69) is 11.8 Å². The second kappa shape index (κ2) is 5.48. The zero-order valence-corrected chi connectivity index (χ0v) is 10.5. The van der Waals surface area contributed by atoms with Crippen LogP contribution in [-0.2, 0) is 4.74 Å². The minimum absolute atomic E-state index is 0.121. The minimum Gasteiger partial charge on any atom is -0.396 e. The molecule has 0 spiro atoms. The molecule has 1 N–H and O–H groups in total. The van der Waals surface area contributed by atoms with E-state index in [0.29, 0.717) is 6.61 Å². The molecule has 3 heteroatoms. The molecule has 2 aliphatic rings. The Balaban J connectivity index is 1.91. The lowest BCUT2D eigenvalue weighted by Gasteiger charge is -2.39. The van der Waals surface area contributed by atoms with Gasteiger partial charge >= 0.3 is 0 Å². The van der Waals surface area contributed by atoms with Crippen molar-refractivity contribution in [2.75, 3.05) is 32.9 Å². The fraction of sp³-hybridized carbons (Fsp3) is 1.00. The third-order valence-corrected chi connectivity index (χ3v) is 4.00. The Hall–Kier alpha value is -0.120. The lowest BCUT2D eigenvalue weighted by molar-refractivity contribution is -0.0355. The molecular formula is C13H25NO2. The molecule has 0 aromatic carbocycles. The van der Waals surface area contributed by atoms with E-state index in [4.69, 9.17) is 4.74 Å². The molecule has 1 aliphatic heterocycles. The normalized spacial score (nSPS) is 24.9. The fourth-order valence-electron chi connectivity index (χ4n) is 2.72. The highest BCUT2D eigenvalue weighted by Gasteiger charge is 2.38. The van der Waals surface area contributed by atoms with Crippen molar-refractivity contribution in [3.63, 3.8) is 0 Å². The summed E-state index contributed by atoms with van der Waals surface area (Å²) in [5.74, 6) is 0. The molecule has 0 aromatic heterocycles. The predicted octanol–water partition coefficient (Wildman–Crippen LogP) is 1.65. The third-order valence-electron chi connectivity index (χ3n) is 4.00. The number of nitrogens with zero attached hydrogens (tertiary/aromatic N) is 1. The van der Waals surface area contributed by atoms with Crippen LogP contribution in [0.3, 0.4) is 0 Å². The standard InChI is InChI=1S/C13H25NO2/c1-2-7-14(12-3-4-12)10-13(11-15)5-8-16-9-6-13/h12,15H,2-11H2,1H3. The first-order valence-corrected chi connectivity index (χ1v) is 6.72. The van der Waals surface area contributed by atoms with Crippen LogP contribution >= 0.6 is 0 Å². The monoisotopic (exact) mass is 227 g/mol. The number of ether oxygens (including phenoxy) is 1. The first-order valence-electron chi connectivity index (χ1n) is 6.72. The Labute approximate surface area is 98.8 Å². The number of hydrogen-bond donors (Lipinski definition) is 1. The van der Waals surface area contributed by atoms with Crippen LogP contribution in [0.25, 0.3) is 0 Å². The molecule has 1 saturated carbocycles. The maximum atomic E-state index is 9.68. The van der Waals surface area contributed by atoms with Crippen molar-refractivity contribution >= 4 is 0 Å². The molecule has 0 unspecified atom stereocenters. The van der Waals surface area contributed by atoms with Gasteiger partial charge < -0.3 is 9.84 Å². The summed E-state index contributed by atoms with van der Waals surface area (Å²) in [4.78, 5) is 2.60. The summed E-state index contributed by atoms with van der Waals surface area (Å²) >= 11 is 0. The van der Waals surface area contributed by atoms with Crippen LogP contribution < -0.4 is 0 Å². The maximum absolute atomic E-state index is 9.68. The second-order valence-electron chi connectivity index (χ2n) is 5.47. The summed E-state index contributed by atoms with van der Waals surface area (Å²) in [6.45, 7) is 6.48. The van der Waals surface area contributed by atoms with Crippen LogP contribution in [0.4, 0.5) is 0 Å². The highest BCUT2D eigenvalue weighted by Crippen LogP contribution is 2.35. The zero-order chi connectivity index (χ0) is 11.4. The molecule has 3 nitrogen and oxygen atoms in total. The van der Waals surface area contributed by atoms with E-state index in [1.807, 2.05) is 0 Å². The van der Waals surface area contributed by atoms with E-state index in [1.54, 1.807) is 0 Å². The van der Waals surface area contributed by atoms with E-state index >= 15 is 0 Å². The smallest absolute Gasteiger partial charge is 0.0501 e. The van der Waals surface area contributed by atoms with Crippen LogP contribution in [0.1, 0.15) is 39.0 Å². The molecular weight excluding hydrogens is 202 g/mol. The Bertz CT molecular complexity index is 210. The lowest BCUT2D eigenvalue weighted by Crippen LogP contribution is -2.45. The van der Waals surface area contributed by atoms with Gasteiger partial charge in [-0.25, -0.2) is 0 Å². The number of aliphatic hydroxyl groups excluding tert-OH is 1. The molecule has 0 aromatic rings. The van der Waals surface area contributed by atoms with Gasteiger partial charge in [-0.1, -0.05) is 6.92 Å². The molecule has 0 radical (unpaired) electrons. The highest BCUT2D eigenvalue weighted by atomic mass is 16.5. The Morgan fingerprint density at radius 3 is 2.50 bits per heavy atom. The molecule has 1 saturated heterocycles. The molecule has 2 fully saturated rings. The Morgan fingerprint density at radius 2 is 2.00 bits per heavy atom. The quantitative estimate of drug-likeness (QED) is 0.749. The van der Waals surface area contributed by atoms with E-state index in [9.17, 15) is 5.11 Å². The third kappa shape index (κ3) is 2.96. The predicted molar refractivity (Wildman–Crippen MR) is 64.5 cm³/mol. The molecule has 2 rings (SSSR count). The van der Waals surface area contributed by atoms with Crippen molar-refractivity contribution in [2.24, 2.45) is 5.41 Å². The summed E-state index contributed by atoms with van der Waals surface area (Å²) in [5.41, 5.74) is 0.121. The maximum Gasteiger partial charge on any atom is 0.0501 e. The van der Waals surface area contributed by atoms with Crippen molar-refractivity contribution in [1.82, 2.24) is 4.90 Å². The Morgan fingerprint density at radius 1 is 1.31 bits per heavy atom. The van der Waals surface area contributed by atoms with Gasteiger partial charge in [0.1, 0.15) is 0 Å². The van der Waals surface area contributed by atoms with Crippen LogP contribution in [-0.4, -0.2) is 49.0 Å². The summed E-state index contributed by atoms with van der Waals surface area (Å²) in [6.07, 6.45) is 5.98. The Kier molecular flexibility index (Phi) is 4.22. The van der Waals surface area contributed by atoms with Gasteiger partial charge in [-0.3, -0.25) is 4.90 Å². The summed E-state index contributed by atoms with van der Waals surface area (Å²) < 4.78 is 5.41. The second-order valence-corrected chi connectivity index (χ2v) is 5.47. The molecule has 94 valence electrons. The van der Waals surface area contributed by atoms with Crippen LogP contribution in [0, 0.1) is 5.41 Å². The van der Waals surface area contributed by atoms with E-state index in [0.717, 1.165) is 38.6 Å². The van der Waals surface area contributed by atoms with Crippen molar-refractivity contribution in [1.29, 1.82) is 0 Å². The first kappa shape index (κ1) is 12.3. The van der Waals surface area contributed by atoms with Gasteiger partial charge in [0, 0.05) is 31.2 Å². The van der Waals surface area contributed by atoms with Crippen molar-refractivity contribution in [3.05, 3.63) is 0 Å². The average molecular weight is 227 g/mol. The number of rotatable bonds is 6. The van der Waals surface area contributed by atoms with E-state index < -0.39 is 0 Å². The van der Waals surface area contributed by atoms with Gasteiger partial charge in [0.2, 0.25) is 0 Å². The minimum atomic E-state index is 0.121. The van der Waals surface area contributed by atoms with Gasteiger partial charge in [0.05, 0.1) is 6.61 Å². The largest absolute Gasteiger partial charge is 0.396 e. The zero-order valence-electron chi connectivity index (χ0n) is 10.5. The van der Waals surface area contributed by atoms with Crippen molar-refractivity contribution in [3.8, 4) is 0 Å². The van der Waals surface area contributed by atoms with Gasteiger partial charge in [0.25, 0.3) is 0 Å². The molecule has 1 aliphatic carbocycles.